The summed E-state index contributed by atoms with van der Waals surface area (Å²) in [6.45, 7) is 13.5. The van der Waals surface area contributed by atoms with Crippen LogP contribution in [0, 0.1) is 0 Å². The van der Waals surface area contributed by atoms with E-state index in [0.717, 1.165) is 29.6 Å². The first-order chi connectivity index (χ1) is 26.4. The number of thioether (sulfide) groups is 1. The SMILES string of the molecule is C=C(/C=C\C(=C)c1c2ccccc2c(/C(C)=C/C=C2/C=CC=CC2)c2ccccc12)/C(C)=C/C=C1\Cc2ccc3cc4sc5ccccc5c4cc3c2S1. The van der Waals surface area contributed by atoms with Gasteiger partial charge in [0.15, 0.2) is 0 Å². The van der Waals surface area contributed by atoms with Gasteiger partial charge >= 0.3 is 0 Å². The lowest BCUT2D eigenvalue weighted by Crippen LogP contribution is -1.94. The molecule has 0 spiro atoms. The molecule has 54 heavy (non-hydrogen) atoms. The van der Waals surface area contributed by atoms with Crippen LogP contribution in [-0.4, -0.2) is 0 Å². The molecule has 1 aliphatic carbocycles. The summed E-state index contributed by atoms with van der Waals surface area (Å²) in [5.74, 6) is 0. The lowest BCUT2D eigenvalue weighted by atomic mass is 9.86. The van der Waals surface area contributed by atoms with Crippen molar-refractivity contribution in [2.45, 2.75) is 31.6 Å². The highest BCUT2D eigenvalue weighted by molar-refractivity contribution is 8.03. The van der Waals surface area contributed by atoms with Crippen LogP contribution >= 0.6 is 23.1 Å². The summed E-state index contributed by atoms with van der Waals surface area (Å²) in [6.07, 6.45) is 23.8. The Morgan fingerprint density at radius 1 is 0.648 bits per heavy atom. The zero-order chi connectivity index (χ0) is 36.8. The van der Waals surface area contributed by atoms with Crippen molar-refractivity contribution in [3.05, 3.63) is 209 Å². The van der Waals surface area contributed by atoms with Gasteiger partial charge in [0.25, 0.3) is 0 Å². The van der Waals surface area contributed by atoms with Gasteiger partial charge in [0, 0.05) is 31.5 Å². The molecule has 2 heterocycles. The summed E-state index contributed by atoms with van der Waals surface area (Å²) in [7, 11) is 0. The maximum Gasteiger partial charge on any atom is 0.0361 e. The molecule has 7 aromatic rings. The lowest BCUT2D eigenvalue weighted by Gasteiger charge is -2.18. The Hall–Kier alpha value is -5.67. The van der Waals surface area contributed by atoms with E-state index in [0.29, 0.717) is 0 Å². The van der Waals surface area contributed by atoms with Crippen LogP contribution in [0.4, 0.5) is 0 Å². The van der Waals surface area contributed by atoms with Crippen molar-refractivity contribution < 1.29 is 0 Å². The zero-order valence-corrected chi connectivity index (χ0v) is 32.3. The average molecular weight is 729 g/mol. The summed E-state index contributed by atoms with van der Waals surface area (Å²) < 4.78 is 2.71. The standard InChI is InChI=1S/C52H40S2/c1-33(34(2)25-29-40-30-39-28-27-38-31-49-47(32-46(38)52(39)53-40)41-16-12-13-21-48(41)54-49)22-23-35(3)50-42-17-8-10-19-44(42)51(45-20-11-9-18-43(45)50)36(4)24-26-37-14-6-5-7-15-37/h5-14,16-29,31-32H,1,3,15,30H2,2,4H3/b23-22-,34-25+,36-24+,37-26-,40-29+. The third-order valence-corrected chi connectivity index (χ3v) is 13.1. The van der Waals surface area contributed by atoms with E-state index < -0.39 is 0 Å². The topological polar surface area (TPSA) is 0 Å². The van der Waals surface area contributed by atoms with Gasteiger partial charge in [-0.25, -0.2) is 0 Å². The van der Waals surface area contributed by atoms with Gasteiger partial charge in [-0.15, -0.1) is 11.3 Å². The number of hydrogen-bond acceptors (Lipinski definition) is 2. The first-order valence-electron chi connectivity index (χ1n) is 18.6. The predicted molar refractivity (Wildman–Crippen MR) is 242 cm³/mol. The van der Waals surface area contributed by atoms with Crippen molar-refractivity contribution >= 4 is 86.7 Å². The Kier molecular flexibility index (Phi) is 9.03. The minimum atomic E-state index is 0.956. The minimum Gasteiger partial charge on any atom is -0.135 e. The van der Waals surface area contributed by atoms with Gasteiger partial charge in [0.05, 0.1) is 0 Å². The van der Waals surface area contributed by atoms with E-state index in [-0.39, 0.29) is 0 Å². The summed E-state index contributed by atoms with van der Waals surface area (Å²) in [6, 6.07) is 35.7. The first kappa shape index (κ1) is 34.1. The Morgan fingerprint density at radius 2 is 1.35 bits per heavy atom. The third kappa shape index (κ3) is 6.26. The number of hydrogen-bond donors (Lipinski definition) is 0. The van der Waals surface area contributed by atoms with E-state index >= 15 is 0 Å². The normalized spacial score (nSPS) is 16.3. The summed E-state index contributed by atoms with van der Waals surface area (Å²) >= 11 is 3.80. The molecule has 0 unspecified atom stereocenters. The first-order valence-corrected chi connectivity index (χ1v) is 20.2. The molecule has 0 saturated carbocycles. The third-order valence-electron chi connectivity index (χ3n) is 10.8. The molecule has 2 heteroatoms. The maximum absolute atomic E-state index is 4.62. The fraction of sp³-hybridized carbons (Fsp3) is 0.0769. The highest BCUT2D eigenvalue weighted by atomic mass is 32.2. The van der Waals surface area contributed by atoms with Crippen LogP contribution < -0.4 is 0 Å². The monoisotopic (exact) mass is 728 g/mol. The summed E-state index contributed by atoms with van der Waals surface area (Å²) in [5.41, 5.74) is 9.52. The molecule has 0 fully saturated rings. The van der Waals surface area contributed by atoms with Crippen molar-refractivity contribution in [1.29, 1.82) is 0 Å². The minimum absolute atomic E-state index is 0.956. The van der Waals surface area contributed by atoms with Gasteiger partial charge in [0.1, 0.15) is 0 Å². The van der Waals surface area contributed by atoms with E-state index in [1.165, 1.54) is 90.1 Å². The van der Waals surface area contributed by atoms with Crippen LogP contribution in [0.15, 0.2) is 197 Å². The molecule has 0 atom stereocenters. The lowest BCUT2D eigenvalue weighted by molar-refractivity contribution is 1.23. The van der Waals surface area contributed by atoms with Gasteiger partial charge in [-0.1, -0.05) is 165 Å². The van der Waals surface area contributed by atoms with Gasteiger partial charge in [0.2, 0.25) is 0 Å². The van der Waals surface area contributed by atoms with Crippen LogP contribution in [0.25, 0.3) is 63.6 Å². The van der Waals surface area contributed by atoms with Gasteiger partial charge < -0.3 is 0 Å². The molecule has 0 radical (unpaired) electrons. The van der Waals surface area contributed by atoms with Gasteiger partial charge in [-0.3, -0.25) is 0 Å². The van der Waals surface area contributed by atoms with Crippen molar-refractivity contribution in [1.82, 2.24) is 0 Å². The van der Waals surface area contributed by atoms with E-state index in [1.807, 2.05) is 23.1 Å². The second-order valence-corrected chi connectivity index (χ2v) is 16.5. The number of benzene rings is 6. The number of rotatable bonds is 7. The molecular weight excluding hydrogens is 689 g/mol. The van der Waals surface area contributed by atoms with Gasteiger partial charge in [-0.2, -0.15) is 0 Å². The Bertz CT molecular complexity index is 2890. The largest absolute Gasteiger partial charge is 0.135 e. The van der Waals surface area contributed by atoms with Crippen molar-refractivity contribution in [3.8, 4) is 0 Å². The molecule has 0 bridgehead atoms. The Balaban J connectivity index is 0.985. The molecule has 6 aromatic carbocycles. The van der Waals surface area contributed by atoms with E-state index in [1.54, 1.807) is 0 Å². The molecule has 0 amide bonds. The zero-order valence-electron chi connectivity index (χ0n) is 30.7. The Morgan fingerprint density at radius 3 is 2.07 bits per heavy atom. The molecule has 1 aliphatic heterocycles. The molecule has 2 aliphatic rings. The quantitative estimate of drug-likeness (QED) is 0.116. The second-order valence-electron chi connectivity index (χ2n) is 14.3. The smallest absolute Gasteiger partial charge is 0.0361 e. The van der Waals surface area contributed by atoms with E-state index in [9.17, 15) is 0 Å². The van der Waals surface area contributed by atoms with Crippen molar-refractivity contribution in [2.75, 3.05) is 0 Å². The fourth-order valence-corrected chi connectivity index (χ4v) is 10.2. The number of thiophene rings is 1. The highest BCUT2D eigenvalue weighted by Crippen LogP contribution is 2.47. The van der Waals surface area contributed by atoms with Crippen LogP contribution in [0.3, 0.4) is 0 Å². The molecule has 1 aromatic heterocycles. The molecule has 0 saturated heterocycles. The average Bonchev–Trinajstić information content (AvgIpc) is 3.80. The fourth-order valence-electron chi connectivity index (χ4n) is 7.88. The van der Waals surface area contributed by atoms with Gasteiger partial charge in [-0.05, 0) is 120 Å². The number of allylic oxidation sites excluding steroid dienone is 16. The Labute approximate surface area is 325 Å². The van der Waals surface area contributed by atoms with Crippen LogP contribution in [0.1, 0.15) is 37.0 Å². The molecule has 0 nitrogen and oxygen atoms in total. The molecule has 0 N–H and O–H groups in total. The van der Waals surface area contributed by atoms with Crippen molar-refractivity contribution in [2.24, 2.45) is 0 Å². The highest BCUT2D eigenvalue weighted by Gasteiger charge is 2.20. The van der Waals surface area contributed by atoms with E-state index in [2.05, 4.69) is 185 Å². The summed E-state index contributed by atoms with van der Waals surface area (Å²) in [4.78, 5) is 2.75. The second kappa shape index (κ2) is 14.3. The van der Waals surface area contributed by atoms with Crippen molar-refractivity contribution in [3.63, 3.8) is 0 Å². The number of fused-ring (bicyclic) bond motifs is 8. The van der Waals surface area contributed by atoms with E-state index in [4.69, 9.17) is 0 Å². The molecule has 260 valence electrons. The molecule has 9 rings (SSSR count). The summed E-state index contributed by atoms with van der Waals surface area (Å²) in [5, 5.41) is 10.3. The maximum atomic E-state index is 4.62. The van der Waals surface area contributed by atoms with Crippen LogP contribution in [0.5, 0.6) is 0 Å². The molecular formula is C52H40S2. The predicted octanol–water partition coefficient (Wildman–Crippen LogP) is 15.7. The van der Waals surface area contributed by atoms with Crippen LogP contribution in [0.2, 0.25) is 0 Å². The van der Waals surface area contributed by atoms with Crippen LogP contribution in [-0.2, 0) is 6.42 Å².